The second-order valence-corrected chi connectivity index (χ2v) is 7.58. The molecule has 136 valence electrons. The maximum absolute atomic E-state index is 12.8. The first kappa shape index (κ1) is 18.8. The summed E-state index contributed by atoms with van der Waals surface area (Å²) in [7, 11) is 0. The van der Waals surface area contributed by atoms with Crippen LogP contribution in [0.5, 0.6) is 0 Å². The van der Waals surface area contributed by atoms with Crippen LogP contribution in [0.1, 0.15) is 39.1 Å². The van der Waals surface area contributed by atoms with Crippen LogP contribution in [0.25, 0.3) is 0 Å². The summed E-state index contributed by atoms with van der Waals surface area (Å²) in [5.41, 5.74) is 2.66. The summed E-state index contributed by atoms with van der Waals surface area (Å²) < 4.78 is 0. The maximum Gasteiger partial charge on any atom is 0.256 e. The molecule has 4 nitrogen and oxygen atoms in total. The van der Waals surface area contributed by atoms with Gasteiger partial charge in [-0.2, -0.15) is 11.8 Å². The molecule has 1 saturated heterocycles. The fourth-order valence-corrected chi connectivity index (χ4v) is 3.70. The SMILES string of the molecule is CSCc1ccc(C(=O)Nc2ccc(Cl)cc2C(=O)N2CCCC2)cc1. The first-order valence-electron chi connectivity index (χ1n) is 8.56. The number of anilines is 1. The third-order valence-electron chi connectivity index (χ3n) is 4.38. The Balaban J connectivity index is 1.80. The molecule has 1 aliphatic rings. The molecule has 1 N–H and O–H groups in total. The predicted molar refractivity (Wildman–Crippen MR) is 108 cm³/mol. The van der Waals surface area contributed by atoms with Crippen LogP contribution < -0.4 is 5.32 Å². The van der Waals surface area contributed by atoms with Crippen LogP contribution >= 0.6 is 23.4 Å². The van der Waals surface area contributed by atoms with Gasteiger partial charge in [0.2, 0.25) is 0 Å². The van der Waals surface area contributed by atoms with E-state index in [2.05, 4.69) is 5.32 Å². The molecule has 0 unspecified atom stereocenters. The van der Waals surface area contributed by atoms with Crippen molar-refractivity contribution in [1.82, 2.24) is 4.90 Å². The number of benzene rings is 2. The van der Waals surface area contributed by atoms with Crippen molar-refractivity contribution in [3.63, 3.8) is 0 Å². The van der Waals surface area contributed by atoms with Crippen molar-refractivity contribution in [3.05, 3.63) is 64.2 Å². The molecule has 0 aromatic heterocycles. The lowest BCUT2D eigenvalue weighted by atomic mass is 10.1. The largest absolute Gasteiger partial charge is 0.339 e. The van der Waals surface area contributed by atoms with Crippen molar-refractivity contribution in [1.29, 1.82) is 0 Å². The van der Waals surface area contributed by atoms with Gasteiger partial charge < -0.3 is 10.2 Å². The molecule has 2 aromatic rings. The molecule has 0 bridgehead atoms. The number of carbonyl (C=O) groups is 2. The molecule has 0 spiro atoms. The summed E-state index contributed by atoms with van der Waals surface area (Å²) in [6, 6.07) is 12.5. The Bertz CT molecular complexity index is 802. The van der Waals surface area contributed by atoms with E-state index >= 15 is 0 Å². The van der Waals surface area contributed by atoms with Gasteiger partial charge in [0.15, 0.2) is 0 Å². The van der Waals surface area contributed by atoms with Gasteiger partial charge in [0, 0.05) is 29.4 Å². The second-order valence-electron chi connectivity index (χ2n) is 6.27. The van der Waals surface area contributed by atoms with Gasteiger partial charge in [0.1, 0.15) is 0 Å². The summed E-state index contributed by atoms with van der Waals surface area (Å²) in [6.45, 7) is 1.49. The van der Waals surface area contributed by atoms with Gasteiger partial charge in [-0.05, 0) is 55.0 Å². The van der Waals surface area contributed by atoms with Gasteiger partial charge in [-0.15, -0.1) is 0 Å². The minimum atomic E-state index is -0.238. The minimum Gasteiger partial charge on any atom is -0.339 e. The van der Waals surface area contributed by atoms with E-state index in [0.29, 0.717) is 21.8 Å². The van der Waals surface area contributed by atoms with Crippen molar-refractivity contribution in [2.75, 3.05) is 24.7 Å². The van der Waals surface area contributed by atoms with Gasteiger partial charge in [-0.3, -0.25) is 9.59 Å². The van der Waals surface area contributed by atoms with E-state index < -0.39 is 0 Å². The Morgan fingerprint density at radius 1 is 1.12 bits per heavy atom. The number of hydrogen-bond acceptors (Lipinski definition) is 3. The normalized spacial score (nSPS) is 13.7. The highest BCUT2D eigenvalue weighted by molar-refractivity contribution is 7.97. The summed E-state index contributed by atoms with van der Waals surface area (Å²) in [5.74, 6) is 0.585. The lowest BCUT2D eigenvalue weighted by Crippen LogP contribution is -2.28. The van der Waals surface area contributed by atoms with Gasteiger partial charge in [0.25, 0.3) is 11.8 Å². The van der Waals surface area contributed by atoms with E-state index in [1.807, 2.05) is 18.4 Å². The van der Waals surface area contributed by atoms with Gasteiger partial charge in [0.05, 0.1) is 11.3 Å². The Labute approximate surface area is 162 Å². The third kappa shape index (κ3) is 4.40. The van der Waals surface area contributed by atoms with E-state index in [1.54, 1.807) is 47.0 Å². The van der Waals surface area contributed by atoms with Crippen molar-refractivity contribution < 1.29 is 9.59 Å². The number of carbonyl (C=O) groups excluding carboxylic acids is 2. The molecule has 6 heteroatoms. The maximum atomic E-state index is 12.8. The van der Waals surface area contributed by atoms with Crippen molar-refractivity contribution >= 4 is 40.9 Å². The molecular formula is C20H21ClN2O2S. The van der Waals surface area contributed by atoms with Crippen LogP contribution in [0.4, 0.5) is 5.69 Å². The lowest BCUT2D eigenvalue weighted by Gasteiger charge is -2.18. The van der Waals surface area contributed by atoms with Crippen molar-refractivity contribution in [3.8, 4) is 0 Å². The number of hydrogen-bond donors (Lipinski definition) is 1. The number of nitrogens with one attached hydrogen (secondary N) is 1. The number of thioether (sulfide) groups is 1. The second kappa shape index (κ2) is 8.60. The molecule has 0 saturated carbocycles. The zero-order valence-corrected chi connectivity index (χ0v) is 16.2. The Morgan fingerprint density at radius 2 is 1.81 bits per heavy atom. The Morgan fingerprint density at radius 3 is 2.46 bits per heavy atom. The van der Waals surface area contributed by atoms with Crippen molar-refractivity contribution in [2.24, 2.45) is 0 Å². The molecule has 26 heavy (non-hydrogen) atoms. The number of likely N-dealkylation sites (tertiary alicyclic amines) is 1. The number of halogens is 1. The molecule has 2 aromatic carbocycles. The van der Waals surface area contributed by atoms with Crippen LogP contribution in [0.15, 0.2) is 42.5 Å². The Kier molecular flexibility index (Phi) is 6.22. The zero-order valence-electron chi connectivity index (χ0n) is 14.6. The van der Waals surface area contributed by atoms with Crippen LogP contribution in [-0.2, 0) is 5.75 Å². The summed E-state index contributed by atoms with van der Waals surface area (Å²) in [5, 5.41) is 3.34. The smallest absolute Gasteiger partial charge is 0.256 e. The first-order valence-corrected chi connectivity index (χ1v) is 10.3. The summed E-state index contributed by atoms with van der Waals surface area (Å²) in [4.78, 5) is 27.2. The molecule has 0 aliphatic carbocycles. The fourth-order valence-electron chi connectivity index (χ4n) is 3.01. The van der Waals surface area contributed by atoms with Crippen molar-refractivity contribution in [2.45, 2.75) is 18.6 Å². The monoisotopic (exact) mass is 388 g/mol. The highest BCUT2D eigenvalue weighted by Crippen LogP contribution is 2.24. The van der Waals surface area contributed by atoms with E-state index in [4.69, 9.17) is 11.6 Å². The topological polar surface area (TPSA) is 49.4 Å². The van der Waals surface area contributed by atoms with Gasteiger partial charge in [-0.25, -0.2) is 0 Å². The number of nitrogens with zero attached hydrogens (tertiary/aromatic N) is 1. The summed E-state index contributed by atoms with van der Waals surface area (Å²) in [6.07, 6.45) is 4.06. The van der Waals surface area contributed by atoms with Crippen LogP contribution in [0.2, 0.25) is 5.02 Å². The number of rotatable bonds is 5. The molecule has 3 rings (SSSR count). The van der Waals surface area contributed by atoms with E-state index in [1.165, 1.54) is 5.56 Å². The average molecular weight is 389 g/mol. The highest BCUT2D eigenvalue weighted by atomic mass is 35.5. The van der Waals surface area contributed by atoms with Crippen LogP contribution in [0.3, 0.4) is 0 Å². The quantitative estimate of drug-likeness (QED) is 0.808. The predicted octanol–water partition coefficient (Wildman–Crippen LogP) is 4.69. The van der Waals surface area contributed by atoms with E-state index in [0.717, 1.165) is 31.7 Å². The average Bonchev–Trinajstić information content (AvgIpc) is 3.18. The Hall–Kier alpha value is -1.98. The lowest BCUT2D eigenvalue weighted by molar-refractivity contribution is 0.0794. The van der Waals surface area contributed by atoms with Gasteiger partial charge >= 0.3 is 0 Å². The zero-order chi connectivity index (χ0) is 18.5. The van der Waals surface area contributed by atoms with E-state index in [9.17, 15) is 9.59 Å². The summed E-state index contributed by atoms with van der Waals surface area (Å²) >= 11 is 7.82. The van der Waals surface area contributed by atoms with E-state index in [-0.39, 0.29) is 11.8 Å². The third-order valence-corrected chi connectivity index (χ3v) is 5.24. The van der Waals surface area contributed by atoms with Crippen LogP contribution in [-0.4, -0.2) is 36.1 Å². The molecule has 0 radical (unpaired) electrons. The number of amides is 2. The first-order chi connectivity index (χ1) is 12.6. The standard InChI is InChI=1S/C20H21ClN2O2S/c1-26-13-14-4-6-15(7-5-14)19(24)22-18-9-8-16(21)12-17(18)20(25)23-10-2-3-11-23/h4-9,12H,2-3,10-11,13H2,1H3,(H,22,24). The van der Waals surface area contributed by atoms with Gasteiger partial charge in [-0.1, -0.05) is 23.7 Å². The fraction of sp³-hybridized carbons (Fsp3) is 0.300. The highest BCUT2D eigenvalue weighted by Gasteiger charge is 2.23. The molecule has 0 atom stereocenters. The molecule has 2 amide bonds. The molecule has 1 fully saturated rings. The molecule has 1 heterocycles. The van der Waals surface area contributed by atoms with Crippen LogP contribution in [0, 0.1) is 0 Å². The molecule has 1 aliphatic heterocycles. The molecular weight excluding hydrogens is 368 g/mol. The minimum absolute atomic E-state index is 0.0874.